The van der Waals surface area contributed by atoms with Crippen molar-refractivity contribution in [1.82, 2.24) is 0 Å². The normalized spacial score (nSPS) is 14.4. The Labute approximate surface area is 81.7 Å². The van der Waals surface area contributed by atoms with Crippen LogP contribution >= 0.6 is 0 Å². The standard InChI is InChI=1S/C11H22O2/c1-8(2)7-10(11(4,5)6)13-9(3)12/h8,10H,7H2,1-6H3. The first-order chi connectivity index (χ1) is 5.73. The molecule has 0 saturated carbocycles. The highest BCUT2D eigenvalue weighted by Crippen LogP contribution is 2.27. The molecule has 78 valence electrons. The van der Waals surface area contributed by atoms with Crippen molar-refractivity contribution >= 4 is 5.97 Å². The number of carbonyl (C=O) groups is 1. The van der Waals surface area contributed by atoms with Crippen LogP contribution in [0, 0.1) is 11.3 Å². The molecule has 0 spiro atoms. The van der Waals surface area contributed by atoms with Gasteiger partial charge in [0.1, 0.15) is 6.10 Å². The van der Waals surface area contributed by atoms with Crippen molar-refractivity contribution < 1.29 is 9.53 Å². The van der Waals surface area contributed by atoms with Crippen LogP contribution in [0.1, 0.15) is 48.0 Å². The fraction of sp³-hybridized carbons (Fsp3) is 0.909. The Morgan fingerprint density at radius 2 is 1.77 bits per heavy atom. The number of carbonyl (C=O) groups excluding carboxylic acids is 1. The Bertz CT molecular complexity index is 165. The minimum absolute atomic E-state index is 0.0324. The van der Waals surface area contributed by atoms with Gasteiger partial charge in [0.2, 0.25) is 0 Å². The highest BCUT2D eigenvalue weighted by molar-refractivity contribution is 5.66. The summed E-state index contributed by atoms with van der Waals surface area (Å²) in [7, 11) is 0. The third-order valence-electron chi connectivity index (χ3n) is 1.96. The molecule has 0 heterocycles. The van der Waals surface area contributed by atoms with Crippen molar-refractivity contribution in [3.8, 4) is 0 Å². The maximum Gasteiger partial charge on any atom is 0.302 e. The Morgan fingerprint density at radius 1 is 1.31 bits per heavy atom. The van der Waals surface area contributed by atoms with E-state index in [0.29, 0.717) is 5.92 Å². The van der Waals surface area contributed by atoms with Gasteiger partial charge in [0.25, 0.3) is 0 Å². The van der Waals surface area contributed by atoms with E-state index in [9.17, 15) is 4.79 Å². The lowest BCUT2D eigenvalue weighted by atomic mass is 9.84. The lowest BCUT2D eigenvalue weighted by Crippen LogP contribution is -2.32. The fourth-order valence-electron chi connectivity index (χ4n) is 1.21. The third-order valence-corrected chi connectivity index (χ3v) is 1.96. The minimum atomic E-state index is -0.180. The molecule has 0 aliphatic rings. The van der Waals surface area contributed by atoms with Crippen LogP contribution in [0.5, 0.6) is 0 Å². The van der Waals surface area contributed by atoms with Gasteiger partial charge in [-0.2, -0.15) is 0 Å². The zero-order valence-corrected chi connectivity index (χ0v) is 9.68. The van der Waals surface area contributed by atoms with Crippen LogP contribution < -0.4 is 0 Å². The smallest absolute Gasteiger partial charge is 0.302 e. The molecule has 0 bridgehead atoms. The second kappa shape index (κ2) is 4.64. The van der Waals surface area contributed by atoms with Gasteiger partial charge in [-0.3, -0.25) is 4.79 Å². The predicted molar refractivity (Wildman–Crippen MR) is 54.5 cm³/mol. The molecular formula is C11H22O2. The summed E-state index contributed by atoms with van der Waals surface area (Å²) in [6, 6.07) is 0. The topological polar surface area (TPSA) is 26.3 Å². The van der Waals surface area contributed by atoms with Crippen molar-refractivity contribution in [1.29, 1.82) is 0 Å². The molecule has 0 aromatic heterocycles. The molecule has 0 amide bonds. The Kier molecular flexibility index (Phi) is 4.45. The first-order valence-electron chi connectivity index (χ1n) is 4.90. The van der Waals surface area contributed by atoms with Crippen LogP contribution in [-0.2, 0) is 9.53 Å². The van der Waals surface area contributed by atoms with Crippen molar-refractivity contribution in [2.24, 2.45) is 11.3 Å². The van der Waals surface area contributed by atoms with Crippen molar-refractivity contribution in [2.45, 2.75) is 54.1 Å². The molecule has 2 nitrogen and oxygen atoms in total. The van der Waals surface area contributed by atoms with Gasteiger partial charge in [-0.15, -0.1) is 0 Å². The van der Waals surface area contributed by atoms with Gasteiger partial charge >= 0.3 is 5.97 Å². The van der Waals surface area contributed by atoms with Gasteiger partial charge in [-0.05, 0) is 17.8 Å². The van der Waals surface area contributed by atoms with Gasteiger partial charge in [0.05, 0.1) is 0 Å². The lowest BCUT2D eigenvalue weighted by Gasteiger charge is -2.31. The van der Waals surface area contributed by atoms with Crippen LogP contribution in [0.15, 0.2) is 0 Å². The lowest BCUT2D eigenvalue weighted by molar-refractivity contribution is -0.153. The zero-order chi connectivity index (χ0) is 10.6. The van der Waals surface area contributed by atoms with Gasteiger partial charge in [-0.1, -0.05) is 34.6 Å². The molecule has 0 aromatic carbocycles. The zero-order valence-electron chi connectivity index (χ0n) is 9.68. The van der Waals surface area contributed by atoms with E-state index in [1.165, 1.54) is 6.92 Å². The van der Waals surface area contributed by atoms with E-state index in [2.05, 4.69) is 34.6 Å². The summed E-state index contributed by atoms with van der Waals surface area (Å²) in [6.45, 7) is 12.1. The maximum atomic E-state index is 10.9. The van der Waals surface area contributed by atoms with Crippen molar-refractivity contribution in [3.63, 3.8) is 0 Å². The number of ether oxygens (including phenoxy) is 1. The Balaban J connectivity index is 4.28. The summed E-state index contributed by atoms with van der Waals surface area (Å²) in [5.41, 5.74) is 0.0376. The van der Waals surface area contributed by atoms with Gasteiger partial charge in [-0.25, -0.2) is 0 Å². The van der Waals surface area contributed by atoms with E-state index in [0.717, 1.165) is 6.42 Å². The van der Waals surface area contributed by atoms with Crippen LogP contribution in [0.25, 0.3) is 0 Å². The van der Waals surface area contributed by atoms with Crippen molar-refractivity contribution in [2.75, 3.05) is 0 Å². The molecule has 0 N–H and O–H groups in total. The molecule has 1 unspecified atom stereocenters. The molecule has 2 heteroatoms. The molecule has 1 atom stereocenters. The molecule has 0 fully saturated rings. The van der Waals surface area contributed by atoms with E-state index in [-0.39, 0.29) is 17.5 Å². The van der Waals surface area contributed by atoms with Gasteiger partial charge in [0, 0.05) is 6.92 Å². The third kappa shape index (κ3) is 5.67. The first kappa shape index (κ1) is 12.5. The van der Waals surface area contributed by atoms with Crippen LogP contribution in [0.4, 0.5) is 0 Å². The molecular weight excluding hydrogens is 164 g/mol. The number of hydrogen-bond acceptors (Lipinski definition) is 2. The van der Waals surface area contributed by atoms with Gasteiger partial charge < -0.3 is 4.74 Å². The predicted octanol–water partition coefficient (Wildman–Crippen LogP) is 3.01. The minimum Gasteiger partial charge on any atom is -0.462 e. The monoisotopic (exact) mass is 186 g/mol. The summed E-state index contributed by atoms with van der Waals surface area (Å²) in [6.07, 6.45) is 0.966. The number of esters is 1. The average molecular weight is 186 g/mol. The highest BCUT2D eigenvalue weighted by atomic mass is 16.5. The van der Waals surface area contributed by atoms with E-state index in [1.54, 1.807) is 0 Å². The number of rotatable bonds is 3. The summed E-state index contributed by atoms with van der Waals surface area (Å²) in [4.78, 5) is 10.9. The fourth-order valence-corrected chi connectivity index (χ4v) is 1.21. The van der Waals surface area contributed by atoms with Crippen molar-refractivity contribution in [3.05, 3.63) is 0 Å². The first-order valence-corrected chi connectivity index (χ1v) is 4.90. The SMILES string of the molecule is CC(=O)OC(CC(C)C)C(C)(C)C. The summed E-state index contributed by atoms with van der Waals surface area (Å²) in [5, 5.41) is 0. The summed E-state index contributed by atoms with van der Waals surface area (Å²) >= 11 is 0. The highest BCUT2D eigenvalue weighted by Gasteiger charge is 2.27. The molecule has 0 saturated heterocycles. The molecule has 0 rings (SSSR count). The second-order valence-corrected chi connectivity index (χ2v) is 5.09. The van der Waals surface area contributed by atoms with E-state index >= 15 is 0 Å². The van der Waals surface area contributed by atoms with E-state index in [1.807, 2.05) is 0 Å². The Hall–Kier alpha value is -0.530. The molecule has 13 heavy (non-hydrogen) atoms. The molecule has 0 aromatic rings. The van der Waals surface area contributed by atoms with Gasteiger partial charge in [0.15, 0.2) is 0 Å². The van der Waals surface area contributed by atoms with E-state index in [4.69, 9.17) is 4.74 Å². The summed E-state index contributed by atoms with van der Waals surface area (Å²) in [5.74, 6) is 0.379. The van der Waals surface area contributed by atoms with Crippen LogP contribution in [0.2, 0.25) is 0 Å². The molecule has 0 aliphatic carbocycles. The maximum absolute atomic E-state index is 10.9. The number of hydrogen-bond donors (Lipinski definition) is 0. The average Bonchev–Trinajstić information content (AvgIpc) is 1.81. The van der Waals surface area contributed by atoms with E-state index < -0.39 is 0 Å². The Morgan fingerprint density at radius 3 is 2.00 bits per heavy atom. The summed E-state index contributed by atoms with van der Waals surface area (Å²) < 4.78 is 5.29. The van der Waals surface area contributed by atoms with Crippen LogP contribution in [-0.4, -0.2) is 12.1 Å². The van der Waals surface area contributed by atoms with Crippen LogP contribution in [0.3, 0.4) is 0 Å². The molecule has 0 aliphatic heterocycles. The molecule has 0 radical (unpaired) electrons. The second-order valence-electron chi connectivity index (χ2n) is 5.09. The largest absolute Gasteiger partial charge is 0.462 e. The quantitative estimate of drug-likeness (QED) is 0.633.